The molecular formula is C12H13BrN4O2S2. The van der Waals surface area contributed by atoms with Crippen LogP contribution in [0.1, 0.15) is 0 Å². The monoisotopic (exact) mass is 388 g/mol. The highest BCUT2D eigenvalue weighted by Gasteiger charge is 2.11. The highest BCUT2D eigenvalue weighted by Crippen LogP contribution is 2.19. The summed E-state index contributed by atoms with van der Waals surface area (Å²) in [7, 11) is -3.44. The van der Waals surface area contributed by atoms with E-state index in [1.165, 1.54) is 24.2 Å². The number of nitrogens with one attached hydrogen (secondary N) is 1. The van der Waals surface area contributed by atoms with Crippen molar-refractivity contribution in [2.75, 3.05) is 22.0 Å². The van der Waals surface area contributed by atoms with Gasteiger partial charge in [-0.1, -0.05) is 0 Å². The van der Waals surface area contributed by atoms with Crippen LogP contribution < -0.4 is 10.5 Å². The summed E-state index contributed by atoms with van der Waals surface area (Å²) in [6.07, 6.45) is 2.79. The van der Waals surface area contributed by atoms with Crippen LogP contribution in [0.4, 0.5) is 11.5 Å². The second-order valence-electron chi connectivity index (χ2n) is 4.06. The van der Waals surface area contributed by atoms with Crippen LogP contribution in [0.2, 0.25) is 0 Å². The molecule has 1 aromatic carbocycles. The summed E-state index contributed by atoms with van der Waals surface area (Å²) in [4.78, 5) is 8.80. The number of hydrogen-bond acceptors (Lipinski definition) is 6. The molecule has 0 atom stereocenters. The SMILES string of the molecule is Nc1ccc(SCCS(=O)(=O)Nc2cnc(Br)cn2)cc1. The molecule has 0 bridgehead atoms. The lowest BCUT2D eigenvalue weighted by Gasteiger charge is -2.07. The summed E-state index contributed by atoms with van der Waals surface area (Å²) in [6, 6.07) is 7.29. The van der Waals surface area contributed by atoms with Crippen molar-refractivity contribution in [1.82, 2.24) is 9.97 Å². The highest BCUT2D eigenvalue weighted by molar-refractivity contribution is 9.10. The van der Waals surface area contributed by atoms with Crippen LogP contribution in [-0.2, 0) is 10.0 Å². The van der Waals surface area contributed by atoms with Gasteiger partial charge in [-0.15, -0.1) is 11.8 Å². The van der Waals surface area contributed by atoms with Crippen LogP contribution in [-0.4, -0.2) is 29.9 Å². The summed E-state index contributed by atoms with van der Waals surface area (Å²) in [6.45, 7) is 0. The third-order valence-corrected chi connectivity index (χ3v) is 5.32. The maximum absolute atomic E-state index is 11.9. The largest absolute Gasteiger partial charge is 0.399 e. The van der Waals surface area contributed by atoms with Gasteiger partial charge in [0.1, 0.15) is 4.60 Å². The summed E-state index contributed by atoms with van der Waals surface area (Å²) >= 11 is 4.59. The first kappa shape index (κ1) is 16.1. The summed E-state index contributed by atoms with van der Waals surface area (Å²) < 4.78 is 26.7. The smallest absolute Gasteiger partial charge is 0.234 e. The first-order chi connectivity index (χ1) is 9.94. The topological polar surface area (TPSA) is 98.0 Å². The van der Waals surface area contributed by atoms with Gasteiger partial charge in [-0.3, -0.25) is 4.72 Å². The Balaban J connectivity index is 1.86. The molecule has 21 heavy (non-hydrogen) atoms. The lowest BCUT2D eigenvalue weighted by atomic mass is 10.3. The van der Waals surface area contributed by atoms with Gasteiger partial charge in [0.05, 0.1) is 18.1 Å². The van der Waals surface area contributed by atoms with Gasteiger partial charge in [-0.2, -0.15) is 0 Å². The Labute approximate surface area is 135 Å². The van der Waals surface area contributed by atoms with Crippen LogP contribution in [0.3, 0.4) is 0 Å². The fourth-order valence-electron chi connectivity index (χ4n) is 1.41. The van der Waals surface area contributed by atoms with E-state index in [0.29, 0.717) is 16.0 Å². The van der Waals surface area contributed by atoms with E-state index >= 15 is 0 Å². The van der Waals surface area contributed by atoms with Crippen LogP contribution in [0.15, 0.2) is 46.2 Å². The average Bonchev–Trinajstić information content (AvgIpc) is 2.43. The molecule has 0 radical (unpaired) electrons. The van der Waals surface area contributed by atoms with Crippen molar-refractivity contribution in [3.63, 3.8) is 0 Å². The molecule has 1 aromatic heterocycles. The molecule has 0 saturated carbocycles. The lowest BCUT2D eigenvalue weighted by Crippen LogP contribution is -2.18. The second-order valence-corrected chi connectivity index (χ2v) is 7.89. The normalized spacial score (nSPS) is 11.3. The van der Waals surface area contributed by atoms with Gasteiger partial charge in [-0.25, -0.2) is 18.4 Å². The van der Waals surface area contributed by atoms with Gasteiger partial charge < -0.3 is 5.73 Å². The van der Waals surface area contributed by atoms with Gasteiger partial charge in [-0.05, 0) is 40.2 Å². The molecule has 0 aliphatic rings. The number of aromatic nitrogens is 2. The van der Waals surface area contributed by atoms with Crippen LogP contribution >= 0.6 is 27.7 Å². The lowest BCUT2D eigenvalue weighted by molar-refractivity contribution is 0.602. The second kappa shape index (κ2) is 7.10. The molecule has 9 heteroatoms. The molecule has 6 nitrogen and oxygen atoms in total. The Morgan fingerprint density at radius 1 is 1.19 bits per heavy atom. The molecule has 2 aromatic rings. The average molecular weight is 389 g/mol. The maximum atomic E-state index is 11.9. The maximum Gasteiger partial charge on any atom is 0.234 e. The molecule has 0 fully saturated rings. The molecular weight excluding hydrogens is 376 g/mol. The molecule has 112 valence electrons. The van der Waals surface area contributed by atoms with E-state index in [2.05, 4.69) is 30.6 Å². The van der Waals surface area contributed by atoms with Crippen molar-refractivity contribution in [3.8, 4) is 0 Å². The zero-order valence-corrected chi connectivity index (χ0v) is 14.1. The van der Waals surface area contributed by atoms with Crippen molar-refractivity contribution in [3.05, 3.63) is 41.3 Å². The van der Waals surface area contributed by atoms with Crippen molar-refractivity contribution in [2.45, 2.75) is 4.90 Å². The molecule has 3 N–H and O–H groups in total. The molecule has 0 spiro atoms. The molecule has 0 saturated heterocycles. The molecule has 2 rings (SSSR count). The van der Waals surface area contributed by atoms with E-state index in [1.54, 1.807) is 12.1 Å². The van der Waals surface area contributed by atoms with E-state index in [1.807, 2.05) is 12.1 Å². The van der Waals surface area contributed by atoms with E-state index in [9.17, 15) is 8.42 Å². The van der Waals surface area contributed by atoms with Crippen LogP contribution in [0.5, 0.6) is 0 Å². The predicted octanol–water partition coefficient (Wildman–Crippen LogP) is 2.36. The Morgan fingerprint density at radius 2 is 1.90 bits per heavy atom. The number of sulfonamides is 1. The van der Waals surface area contributed by atoms with Crippen molar-refractivity contribution < 1.29 is 8.42 Å². The molecule has 0 amide bonds. The Bertz CT molecular complexity index is 690. The van der Waals surface area contributed by atoms with E-state index in [4.69, 9.17) is 5.73 Å². The number of rotatable bonds is 6. The predicted molar refractivity (Wildman–Crippen MR) is 88.7 cm³/mol. The summed E-state index contributed by atoms with van der Waals surface area (Å²) in [5.74, 6) is 0.624. The number of nitrogens with two attached hydrogens (primary N) is 1. The van der Waals surface area contributed by atoms with E-state index in [0.717, 1.165) is 4.90 Å². The molecule has 0 aliphatic carbocycles. The highest BCUT2D eigenvalue weighted by atomic mass is 79.9. The number of halogens is 1. The zero-order valence-electron chi connectivity index (χ0n) is 10.9. The van der Waals surface area contributed by atoms with Gasteiger partial charge in [0, 0.05) is 16.3 Å². The molecule has 1 heterocycles. The first-order valence-corrected chi connectivity index (χ1v) is 9.34. The van der Waals surface area contributed by atoms with Crippen molar-refractivity contribution in [1.29, 1.82) is 0 Å². The third-order valence-electron chi connectivity index (χ3n) is 2.38. The molecule has 0 aliphatic heterocycles. The summed E-state index contributed by atoms with van der Waals surface area (Å²) in [5.41, 5.74) is 6.27. The zero-order chi connectivity index (χ0) is 15.3. The van der Waals surface area contributed by atoms with E-state index in [-0.39, 0.29) is 11.6 Å². The number of anilines is 2. The van der Waals surface area contributed by atoms with Gasteiger partial charge in [0.2, 0.25) is 10.0 Å². The van der Waals surface area contributed by atoms with Crippen LogP contribution in [0.25, 0.3) is 0 Å². The Kier molecular flexibility index (Phi) is 5.43. The fraction of sp³-hybridized carbons (Fsp3) is 0.167. The number of benzene rings is 1. The van der Waals surface area contributed by atoms with Crippen molar-refractivity contribution >= 4 is 49.2 Å². The van der Waals surface area contributed by atoms with Crippen molar-refractivity contribution in [2.24, 2.45) is 0 Å². The number of thioether (sulfide) groups is 1. The minimum absolute atomic E-state index is 0.0141. The number of nitrogens with zero attached hydrogens (tertiary/aromatic N) is 2. The van der Waals surface area contributed by atoms with Crippen LogP contribution in [0, 0.1) is 0 Å². The minimum Gasteiger partial charge on any atom is -0.399 e. The first-order valence-electron chi connectivity index (χ1n) is 5.91. The Morgan fingerprint density at radius 3 is 2.52 bits per heavy atom. The van der Waals surface area contributed by atoms with Gasteiger partial charge in [0.25, 0.3) is 0 Å². The quantitative estimate of drug-likeness (QED) is 0.582. The fourth-order valence-corrected chi connectivity index (χ4v) is 3.91. The van der Waals surface area contributed by atoms with Gasteiger partial charge in [0.15, 0.2) is 5.82 Å². The number of nitrogen functional groups attached to an aromatic ring is 1. The number of hydrogen-bond donors (Lipinski definition) is 2. The summed E-state index contributed by atoms with van der Waals surface area (Å²) in [5, 5.41) is 0. The minimum atomic E-state index is -3.44. The Hall–Kier alpha value is -1.32. The van der Waals surface area contributed by atoms with E-state index < -0.39 is 10.0 Å². The molecule has 0 unspecified atom stereocenters. The van der Waals surface area contributed by atoms with Gasteiger partial charge >= 0.3 is 0 Å². The third kappa shape index (κ3) is 5.52. The standard InChI is InChI=1S/C12H13BrN4O2S2/c13-11-7-16-12(8-15-11)17-21(18,19)6-5-20-10-3-1-9(14)2-4-10/h1-4,7-8H,5-6,14H2,(H,16,17).